The van der Waals surface area contributed by atoms with Crippen molar-refractivity contribution >= 4 is 12.3 Å². The number of aldehydes is 1. The maximum absolute atomic E-state index is 12.4. The summed E-state index contributed by atoms with van der Waals surface area (Å²) in [6.45, 7) is 1.45. The van der Waals surface area contributed by atoms with Crippen LogP contribution in [0.3, 0.4) is 0 Å². The molecule has 0 radical (unpaired) electrons. The van der Waals surface area contributed by atoms with Gasteiger partial charge in [-0.05, 0) is 13.0 Å². The minimum Gasteiger partial charge on any atom is -0.460 e. The van der Waals surface area contributed by atoms with Gasteiger partial charge >= 0.3 is 12.1 Å². The predicted octanol–water partition coefficient (Wildman–Crippen LogP) is 1.48. The van der Waals surface area contributed by atoms with Crippen molar-refractivity contribution in [2.45, 2.75) is 13.1 Å². The summed E-state index contributed by atoms with van der Waals surface area (Å²) < 4.78 is 41.6. The molecule has 0 unspecified atom stereocenters. The molecule has 0 aliphatic rings. The Balaban J connectivity index is 3.23. The zero-order valence-corrected chi connectivity index (χ0v) is 8.61. The minimum atomic E-state index is -4.76. The summed E-state index contributed by atoms with van der Waals surface area (Å²) >= 11 is 0. The molecular formula is C9H7F3N2O3. The topological polar surface area (TPSA) is 69.2 Å². The minimum absolute atomic E-state index is 0.0329. The molecule has 0 aliphatic carbocycles. The molecule has 0 aromatic carbocycles. The number of hydrogen-bond acceptors (Lipinski definition) is 5. The normalized spacial score (nSPS) is 11.1. The van der Waals surface area contributed by atoms with Gasteiger partial charge in [0.1, 0.15) is 11.4 Å². The second-order valence-corrected chi connectivity index (χ2v) is 2.84. The lowest BCUT2D eigenvalue weighted by Crippen LogP contribution is -2.17. The molecule has 0 spiro atoms. The van der Waals surface area contributed by atoms with Crippen LogP contribution < -0.4 is 0 Å². The fraction of sp³-hybridized carbons (Fsp3) is 0.333. The van der Waals surface area contributed by atoms with Gasteiger partial charge in [-0.25, -0.2) is 14.8 Å². The number of hydrogen-bond donors (Lipinski definition) is 0. The van der Waals surface area contributed by atoms with Gasteiger partial charge in [0, 0.05) is 0 Å². The van der Waals surface area contributed by atoms with Crippen LogP contribution in [-0.2, 0) is 10.9 Å². The molecular weight excluding hydrogens is 241 g/mol. The van der Waals surface area contributed by atoms with Crippen molar-refractivity contribution < 1.29 is 27.5 Å². The van der Waals surface area contributed by atoms with Gasteiger partial charge in [-0.2, -0.15) is 13.2 Å². The standard InChI is InChI=1S/C9H7F3N2O3/c1-2-17-8(16)7-13-5(4-15)3-6(14-7)9(10,11)12/h3-4H,2H2,1H3. The lowest BCUT2D eigenvalue weighted by molar-refractivity contribution is -0.141. The number of aromatic nitrogens is 2. The highest BCUT2D eigenvalue weighted by Gasteiger charge is 2.34. The Kier molecular flexibility index (Phi) is 3.77. The zero-order valence-electron chi connectivity index (χ0n) is 8.61. The van der Waals surface area contributed by atoms with Crippen LogP contribution in [0, 0.1) is 0 Å². The van der Waals surface area contributed by atoms with E-state index < -0.39 is 29.4 Å². The average molecular weight is 248 g/mol. The van der Waals surface area contributed by atoms with Crippen molar-refractivity contribution in [2.24, 2.45) is 0 Å². The van der Waals surface area contributed by atoms with Gasteiger partial charge in [0.05, 0.1) is 6.61 Å². The Hall–Kier alpha value is -1.99. The second kappa shape index (κ2) is 4.89. The van der Waals surface area contributed by atoms with E-state index >= 15 is 0 Å². The van der Waals surface area contributed by atoms with Gasteiger partial charge < -0.3 is 4.74 Å². The number of carbonyl (C=O) groups is 2. The highest BCUT2D eigenvalue weighted by atomic mass is 19.4. The molecule has 0 fully saturated rings. The Morgan fingerprint density at radius 1 is 1.47 bits per heavy atom. The first kappa shape index (κ1) is 13.1. The molecule has 8 heteroatoms. The molecule has 92 valence electrons. The Morgan fingerprint density at radius 2 is 2.12 bits per heavy atom. The van der Waals surface area contributed by atoms with E-state index in [4.69, 9.17) is 0 Å². The monoisotopic (exact) mass is 248 g/mol. The van der Waals surface area contributed by atoms with E-state index in [2.05, 4.69) is 14.7 Å². The van der Waals surface area contributed by atoms with Crippen LogP contribution in [0.15, 0.2) is 6.07 Å². The van der Waals surface area contributed by atoms with E-state index in [1.165, 1.54) is 6.92 Å². The van der Waals surface area contributed by atoms with Crippen molar-refractivity contribution in [2.75, 3.05) is 6.61 Å². The zero-order chi connectivity index (χ0) is 13.1. The third-order valence-corrected chi connectivity index (χ3v) is 1.62. The quantitative estimate of drug-likeness (QED) is 0.598. The summed E-state index contributed by atoms with van der Waals surface area (Å²) in [6.07, 6.45) is -4.67. The van der Waals surface area contributed by atoms with E-state index in [0.29, 0.717) is 6.07 Å². The smallest absolute Gasteiger partial charge is 0.433 e. The molecule has 0 bridgehead atoms. The number of halogens is 3. The largest absolute Gasteiger partial charge is 0.460 e. The summed E-state index contributed by atoms with van der Waals surface area (Å²) in [6, 6.07) is 0.454. The fourth-order valence-corrected chi connectivity index (χ4v) is 0.959. The van der Waals surface area contributed by atoms with Crippen LogP contribution in [0.25, 0.3) is 0 Å². The molecule has 0 saturated heterocycles. The molecule has 0 atom stereocenters. The molecule has 0 amide bonds. The summed E-state index contributed by atoms with van der Waals surface area (Å²) in [5.74, 6) is -1.90. The molecule has 1 heterocycles. The third-order valence-electron chi connectivity index (χ3n) is 1.62. The van der Waals surface area contributed by atoms with E-state index in [1.54, 1.807) is 0 Å². The van der Waals surface area contributed by atoms with Gasteiger partial charge in [-0.3, -0.25) is 4.79 Å². The fourth-order valence-electron chi connectivity index (χ4n) is 0.959. The molecule has 0 aliphatic heterocycles. The van der Waals surface area contributed by atoms with Crippen molar-refractivity contribution in [3.8, 4) is 0 Å². The number of alkyl halides is 3. The van der Waals surface area contributed by atoms with E-state index in [-0.39, 0.29) is 12.9 Å². The Bertz CT molecular complexity index is 446. The summed E-state index contributed by atoms with van der Waals surface area (Å²) in [5.41, 5.74) is -1.90. The van der Waals surface area contributed by atoms with Crippen LogP contribution in [0.5, 0.6) is 0 Å². The van der Waals surface area contributed by atoms with Crippen molar-refractivity contribution in [3.05, 3.63) is 23.3 Å². The van der Waals surface area contributed by atoms with Crippen molar-refractivity contribution in [1.29, 1.82) is 0 Å². The van der Waals surface area contributed by atoms with Crippen LogP contribution >= 0.6 is 0 Å². The van der Waals surface area contributed by atoms with E-state index in [9.17, 15) is 22.8 Å². The van der Waals surface area contributed by atoms with Crippen LogP contribution in [0.4, 0.5) is 13.2 Å². The summed E-state index contributed by atoms with van der Waals surface area (Å²) in [4.78, 5) is 27.9. The highest BCUT2D eigenvalue weighted by Crippen LogP contribution is 2.27. The lowest BCUT2D eigenvalue weighted by atomic mass is 10.3. The summed E-state index contributed by atoms with van der Waals surface area (Å²) in [7, 11) is 0. The molecule has 17 heavy (non-hydrogen) atoms. The summed E-state index contributed by atoms with van der Waals surface area (Å²) in [5, 5.41) is 0. The SMILES string of the molecule is CCOC(=O)c1nc(C=O)cc(C(F)(F)F)n1. The number of rotatable bonds is 3. The maximum atomic E-state index is 12.4. The Labute approximate surface area is 93.6 Å². The maximum Gasteiger partial charge on any atom is 0.433 e. The first-order chi connectivity index (χ1) is 7.88. The third kappa shape index (κ3) is 3.23. The first-order valence-corrected chi connectivity index (χ1v) is 4.47. The van der Waals surface area contributed by atoms with E-state index in [1.807, 2.05) is 0 Å². The Morgan fingerprint density at radius 3 is 2.59 bits per heavy atom. The molecule has 5 nitrogen and oxygen atoms in total. The second-order valence-electron chi connectivity index (χ2n) is 2.84. The first-order valence-electron chi connectivity index (χ1n) is 4.47. The van der Waals surface area contributed by atoms with Gasteiger partial charge in [0.25, 0.3) is 0 Å². The average Bonchev–Trinajstić information content (AvgIpc) is 2.27. The molecule has 1 aromatic heterocycles. The molecule has 1 rings (SSSR count). The van der Waals surface area contributed by atoms with Gasteiger partial charge in [0.2, 0.25) is 5.82 Å². The van der Waals surface area contributed by atoms with E-state index in [0.717, 1.165) is 0 Å². The molecule has 0 saturated carbocycles. The molecule has 1 aromatic rings. The lowest BCUT2D eigenvalue weighted by Gasteiger charge is -2.07. The van der Waals surface area contributed by atoms with Gasteiger partial charge in [-0.15, -0.1) is 0 Å². The van der Waals surface area contributed by atoms with Gasteiger partial charge in [0.15, 0.2) is 6.29 Å². The number of ether oxygens (including phenoxy) is 1. The van der Waals surface area contributed by atoms with Crippen LogP contribution in [-0.4, -0.2) is 28.8 Å². The molecule has 0 N–H and O–H groups in total. The van der Waals surface area contributed by atoms with Crippen LogP contribution in [0.1, 0.15) is 33.7 Å². The van der Waals surface area contributed by atoms with Crippen LogP contribution in [0.2, 0.25) is 0 Å². The predicted molar refractivity (Wildman–Crippen MR) is 48.4 cm³/mol. The number of carbonyl (C=O) groups excluding carboxylic acids is 2. The number of esters is 1. The highest BCUT2D eigenvalue weighted by molar-refractivity contribution is 5.86. The number of nitrogens with zero attached hydrogens (tertiary/aromatic N) is 2. The van der Waals surface area contributed by atoms with Crippen molar-refractivity contribution in [3.63, 3.8) is 0 Å². The van der Waals surface area contributed by atoms with Crippen molar-refractivity contribution in [1.82, 2.24) is 9.97 Å². The van der Waals surface area contributed by atoms with Gasteiger partial charge in [-0.1, -0.05) is 0 Å².